The van der Waals surface area contributed by atoms with Gasteiger partial charge in [-0.1, -0.05) is 60.6 Å². The van der Waals surface area contributed by atoms with Gasteiger partial charge in [0, 0.05) is 11.3 Å². The van der Waals surface area contributed by atoms with Gasteiger partial charge in [-0.25, -0.2) is 13.6 Å². The molecule has 1 unspecified atom stereocenters. The van der Waals surface area contributed by atoms with Gasteiger partial charge < -0.3 is 9.84 Å². The van der Waals surface area contributed by atoms with Crippen LogP contribution in [0.1, 0.15) is 42.5 Å². The Kier molecular flexibility index (Phi) is 6.33. The molecule has 1 N–H and O–H groups in total. The summed E-state index contributed by atoms with van der Waals surface area (Å²) in [7, 11) is 0. The highest BCUT2D eigenvalue weighted by atomic mass is 19.1. The monoisotopic (exact) mass is 486 g/mol. The average molecular weight is 487 g/mol. The van der Waals surface area contributed by atoms with Crippen molar-refractivity contribution in [1.29, 1.82) is 0 Å². The summed E-state index contributed by atoms with van der Waals surface area (Å²) in [6, 6.07) is 18.9. The molecule has 4 aromatic rings. The number of hydrogen-bond donors (Lipinski definition) is 1. The summed E-state index contributed by atoms with van der Waals surface area (Å²) < 4.78 is 33.5. The Bertz CT molecular complexity index is 1450. The molecule has 0 saturated carbocycles. The van der Waals surface area contributed by atoms with Crippen LogP contribution in [-0.4, -0.2) is 21.1 Å². The second kappa shape index (κ2) is 9.73. The van der Waals surface area contributed by atoms with E-state index in [1.165, 1.54) is 29.8 Å². The fraction of sp³-hybridized carbons (Fsp3) is 0.179. The molecule has 0 fully saturated rings. The van der Waals surface area contributed by atoms with Gasteiger partial charge in [0.05, 0.1) is 18.2 Å². The van der Waals surface area contributed by atoms with E-state index in [1.54, 1.807) is 36.1 Å². The summed E-state index contributed by atoms with van der Waals surface area (Å²) in [5, 5.41) is 7.00. The first kappa shape index (κ1) is 23.4. The van der Waals surface area contributed by atoms with E-state index < -0.39 is 17.7 Å². The molecule has 0 spiro atoms. The van der Waals surface area contributed by atoms with Crippen molar-refractivity contribution in [2.45, 2.75) is 32.9 Å². The first-order chi connectivity index (χ1) is 17.4. The number of hydrogen-bond acceptors (Lipinski definition) is 4. The van der Waals surface area contributed by atoms with Gasteiger partial charge in [0.25, 0.3) is 5.89 Å². The van der Waals surface area contributed by atoms with E-state index in [9.17, 15) is 13.6 Å². The molecule has 3 aromatic carbocycles. The molecule has 2 amide bonds. The smallest absolute Gasteiger partial charge is 0.322 e. The third kappa shape index (κ3) is 4.62. The largest absolute Gasteiger partial charge is 0.334 e. The van der Waals surface area contributed by atoms with Crippen LogP contribution in [0.3, 0.4) is 0 Å². The number of nitrogens with one attached hydrogen (secondary N) is 1. The van der Waals surface area contributed by atoms with Crippen molar-refractivity contribution >= 4 is 11.6 Å². The lowest BCUT2D eigenvalue weighted by molar-refractivity contribution is 0.203. The van der Waals surface area contributed by atoms with E-state index in [2.05, 4.69) is 22.4 Å². The number of carbonyl (C=O) groups excluding carboxylic acids is 1. The Labute approximate surface area is 207 Å². The Hall–Kier alpha value is -4.33. The number of benzene rings is 3. The summed E-state index contributed by atoms with van der Waals surface area (Å²) in [5.41, 5.74) is 4.30. The normalized spacial score (nSPS) is 15.8. The highest BCUT2D eigenvalue weighted by molar-refractivity contribution is 5.86. The predicted octanol–water partition coefficient (Wildman–Crippen LogP) is 6.27. The van der Waals surface area contributed by atoms with Crippen molar-refractivity contribution in [2.24, 2.45) is 0 Å². The molecule has 1 atom stereocenters. The van der Waals surface area contributed by atoms with Gasteiger partial charge in [0.15, 0.2) is 0 Å². The first-order valence-corrected chi connectivity index (χ1v) is 11.6. The summed E-state index contributed by atoms with van der Waals surface area (Å²) >= 11 is 0. The van der Waals surface area contributed by atoms with E-state index in [0.29, 0.717) is 28.9 Å². The van der Waals surface area contributed by atoms with Crippen molar-refractivity contribution in [3.63, 3.8) is 0 Å². The lowest BCUT2D eigenvalue weighted by Gasteiger charge is -2.35. The Balaban J connectivity index is 1.58. The Morgan fingerprint density at radius 2 is 1.67 bits per heavy atom. The molecule has 0 aliphatic carbocycles. The van der Waals surface area contributed by atoms with Crippen LogP contribution < -0.4 is 5.32 Å². The Morgan fingerprint density at radius 3 is 2.36 bits per heavy atom. The molecule has 182 valence electrons. The fourth-order valence-electron chi connectivity index (χ4n) is 4.33. The third-order valence-corrected chi connectivity index (χ3v) is 6.29. The number of aromatic nitrogens is 2. The minimum atomic E-state index is -0.715. The zero-order valence-electron chi connectivity index (χ0n) is 19.8. The molecule has 0 saturated heterocycles. The van der Waals surface area contributed by atoms with Crippen LogP contribution in [0.15, 0.2) is 83.0 Å². The van der Waals surface area contributed by atoms with E-state index in [0.717, 1.165) is 12.0 Å². The number of rotatable bonds is 6. The standard InChI is InChI=1S/C28H24F2N4O2/c1-3-18-10-12-19(13-11-18)16-34-17(2)24(25(31-28(34)35)20-6-4-8-22(29)14-20)27-32-26(33-36-27)21-7-5-9-23(30)15-21/h4-15,25H,3,16H2,1-2H3,(H,31,35). The topological polar surface area (TPSA) is 71.3 Å². The maximum absolute atomic E-state index is 14.1. The number of allylic oxidation sites excluding steroid dienone is 1. The van der Waals surface area contributed by atoms with E-state index in [4.69, 9.17) is 4.52 Å². The molecule has 1 aliphatic heterocycles. The molecule has 1 aromatic heterocycles. The minimum Gasteiger partial charge on any atom is -0.334 e. The minimum absolute atomic E-state index is 0.160. The number of urea groups is 1. The van der Waals surface area contributed by atoms with Gasteiger partial charge in [-0.3, -0.25) is 4.90 Å². The summed E-state index contributed by atoms with van der Waals surface area (Å²) in [6.07, 6.45) is 0.924. The maximum atomic E-state index is 14.1. The zero-order valence-corrected chi connectivity index (χ0v) is 19.8. The van der Waals surface area contributed by atoms with E-state index >= 15 is 0 Å². The molecule has 6 nitrogen and oxygen atoms in total. The summed E-state index contributed by atoms with van der Waals surface area (Å²) in [5.74, 6) is -0.478. The fourth-order valence-corrected chi connectivity index (χ4v) is 4.33. The van der Waals surface area contributed by atoms with Crippen LogP contribution in [0, 0.1) is 11.6 Å². The van der Waals surface area contributed by atoms with Crippen LogP contribution in [0.25, 0.3) is 17.0 Å². The summed E-state index contributed by atoms with van der Waals surface area (Å²) in [4.78, 5) is 19.3. The predicted molar refractivity (Wildman–Crippen MR) is 131 cm³/mol. The molecule has 2 heterocycles. The van der Waals surface area contributed by atoms with E-state index in [1.807, 2.05) is 24.3 Å². The van der Waals surface area contributed by atoms with Crippen LogP contribution in [0.5, 0.6) is 0 Å². The quantitative estimate of drug-likeness (QED) is 0.348. The average Bonchev–Trinajstić information content (AvgIpc) is 3.36. The molecule has 36 heavy (non-hydrogen) atoms. The van der Waals surface area contributed by atoms with E-state index in [-0.39, 0.29) is 17.7 Å². The number of amides is 2. The Morgan fingerprint density at radius 1 is 0.972 bits per heavy atom. The van der Waals surface area contributed by atoms with Crippen molar-refractivity contribution in [3.8, 4) is 11.4 Å². The van der Waals surface area contributed by atoms with Crippen molar-refractivity contribution in [2.75, 3.05) is 0 Å². The number of halogens is 2. The van der Waals surface area contributed by atoms with Crippen molar-refractivity contribution in [3.05, 3.63) is 113 Å². The number of carbonyl (C=O) groups is 1. The van der Waals surface area contributed by atoms with Gasteiger partial charge in [-0.2, -0.15) is 4.98 Å². The van der Waals surface area contributed by atoms with Crippen LogP contribution in [-0.2, 0) is 13.0 Å². The molecule has 1 aliphatic rings. The van der Waals surface area contributed by atoms with Gasteiger partial charge in [-0.15, -0.1) is 0 Å². The maximum Gasteiger partial charge on any atom is 0.322 e. The SMILES string of the molecule is CCc1ccc(CN2C(=O)NC(c3cccc(F)c3)C(c3nc(-c4cccc(F)c4)no3)=C2C)cc1. The lowest BCUT2D eigenvalue weighted by Crippen LogP contribution is -2.45. The zero-order chi connectivity index (χ0) is 25.2. The number of aryl methyl sites for hydroxylation is 1. The van der Waals surface area contributed by atoms with Crippen LogP contribution in [0.2, 0.25) is 0 Å². The molecule has 0 bridgehead atoms. The van der Waals surface area contributed by atoms with Crippen LogP contribution in [0.4, 0.5) is 13.6 Å². The second-order valence-electron chi connectivity index (χ2n) is 8.63. The van der Waals surface area contributed by atoms with Gasteiger partial charge in [-0.05, 0) is 54.3 Å². The summed E-state index contributed by atoms with van der Waals surface area (Å²) in [6.45, 7) is 4.21. The molecular weight excluding hydrogens is 462 g/mol. The van der Waals surface area contributed by atoms with Gasteiger partial charge in [0.1, 0.15) is 11.6 Å². The van der Waals surface area contributed by atoms with Crippen LogP contribution >= 0.6 is 0 Å². The lowest BCUT2D eigenvalue weighted by atomic mass is 9.94. The molecular formula is C28H24F2N4O2. The number of nitrogens with zero attached hydrogens (tertiary/aromatic N) is 3. The first-order valence-electron chi connectivity index (χ1n) is 11.6. The molecule has 0 radical (unpaired) electrons. The molecule has 5 rings (SSSR count). The van der Waals surface area contributed by atoms with Gasteiger partial charge in [0.2, 0.25) is 5.82 Å². The highest BCUT2D eigenvalue weighted by Crippen LogP contribution is 2.38. The highest BCUT2D eigenvalue weighted by Gasteiger charge is 2.36. The second-order valence-corrected chi connectivity index (χ2v) is 8.63. The van der Waals surface area contributed by atoms with Crippen molar-refractivity contribution < 1.29 is 18.1 Å². The van der Waals surface area contributed by atoms with Gasteiger partial charge >= 0.3 is 6.03 Å². The molecule has 8 heteroatoms. The van der Waals surface area contributed by atoms with Crippen molar-refractivity contribution in [1.82, 2.24) is 20.4 Å². The third-order valence-electron chi connectivity index (χ3n) is 6.29.